The van der Waals surface area contributed by atoms with E-state index in [0.29, 0.717) is 36.4 Å². The van der Waals surface area contributed by atoms with Gasteiger partial charge in [-0.1, -0.05) is 60.7 Å². The zero-order valence-corrected chi connectivity index (χ0v) is 24.3. The van der Waals surface area contributed by atoms with Gasteiger partial charge in [-0.15, -0.1) is 0 Å². The third-order valence-electron chi connectivity index (χ3n) is 8.70. The molecule has 2 atom stereocenters. The van der Waals surface area contributed by atoms with Gasteiger partial charge in [0.2, 0.25) is 0 Å². The number of nitrogens with one attached hydrogen (secondary N) is 2. The minimum atomic E-state index is -5.19. The second kappa shape index (κ2) is 14.4. The molecule has 0 aromatic heterocycles. The topological polar surface area (TPSA) is 108 Å². The van der Waals surface area contributed by atoms with Crippen LogP contribution < -0.4 is 10.6 Å². The number of nitrogens with zero attached hydrogens (tertiary/aromatic N) is 1. The third-order valence-corrected chi connectivity index (χ3v) is 8.70. The summed E-state index contributed by atoms with van der Waals surface area (Å²) in [5.74, 6) is -3.90. The summed E-state index contributed by atoms with van der Waals surface area (Å²) in [6.07, 6.45) is 0.172. The Kier molecular flexibility index (Phi) is 10.8. The Balaban J connectivity index is 1.22. The molecule has 2 aromatic rings. The van der Waals surface area contributed by atoms with E-state index < -0.39 is 35.7 Å². The fourth-order valence-corrected chi connectivity index (χ4v) is 6.22. The number of hydrogen-bond donors (Lipinski definition) is 3. The Bertz CT molecular complexity index is 1180. The van der Waals surface area contributed by atoms with Crippen molar-refractivity contribution < 1.29 is 37.4 Å². The van der Waals surface area contributed by atoms with E-state index in [1.54, 1.807) is 6.92 Å². The van der Waals surface area contributed by atoms with Gasteiger partial charge in [-0.25, -0.2) is 9.59 Å². The Morgan fingerprint density at radius 3 is 2.09 bits per heavy atom. The van der Waals surface area contributed by atoms with Gasteiger partial charge in [-0.3, -0.25) is 4.79 Å². The number of urea groups is 1. The van der Waals surface area contributed by atoms with E-state index in [4.69, 9.17) is 0 Å². The molecule has 0 spiro atoms. The Morgan fingerprint density at radius 2 is 1.53 bits per heavy atom. The summed E-state index contributed by atoms with van der Waals surface area (Å²) in [5.41, 5.74) is -0.0577. The largest absolute Gasteiger partial charge is 0.491 e. The van der Waals surface area contributed by atoms with Crippen LogP contribution in [0.4, 0.5) is 18.0 Å². The van der Waals surface area contributed by atoms with Crippen molar-refractivity contribution in [3.8, 4) is 0 Å². The molecule has 0 bridgehead atoms. The summed E-state index contributed by atoms with van der Waals surface area (Å²) in [6, 6.07) is 17.6. The minimum absolute atomic E-state index is 0.00491. The number of carbonyl (C=O) groups is 3. The molecule has 2 aromatic carbocycles. The van der Waals surface area contributed by atoms with Gasteiger partial charge in [0, 0.05) is 12.6 Å². The van der Waals surface area contributed by atoms with Crippen LogP contribution in [-0.2, 0) is 19.9 Å². The smallest absolute Gasteiger partial charge is 0.386 e. The molecule has 1 unspecified atom stereocenters. The molecule has 4 rings (SSSR count). The number of piperidine rings is 1. The number of likely N-dealkylation sites (tertiary alicyclic amines) is 1. The van der Waals surface area contributed by atoms with E-state index in [1.807, 2.05) is 65.6 Å². The standard InChI is InChI=1S/C32H40F3N3O5/c1-22(31(42,25-10-4-2-5-11-25)26-12-6-3-7-13-26)36-30(41)37-27-16-14-23(15-17-27)18-20-38-19-8-9-24(21-38)28(39)43-29(40)32(33,34)35/h2-7,10-13,22-24,27,42H,8-9,14-21H2,1H3,(H2,36,37,41)/t22-,23?,24?,27?/m1/s1. The quantitative estimate of drug-likeness (QED) is 0.278. The molecule has 2 fully saturated rings. The molecule has 1 saturated carbocycles. The summed E-state index contributed by atoms with van der Waals surface area (Å²) in [4.78, 5) is 38.1. The summed E-state index contributed by atoms with van der Waals surface area (Å²) in [7, 11) is 0. The zero-order valence-electron chi connectivity index (χ0n) is 24.3. The zero-order chi connectivity index (χ0) is 31.0. The second-order valence-electron chi connectivity index (χ2n) is 11.7. The average molecular weight is 604 g/mol. The van der Waals surface area contributed by atoms with E-state index in [0.717, 1.165) is 38.6 Å². The van der Waals surface area contributed by atoms with Crippen LogP contribution in [0.25, 0.3) is 0 Å². The van der Waals surface area contributed by atoms with Crippen LogP contribution in [0.15, 0.2) is 60.7 Å². The highest BCUT2D eigenvalue weighted by molar-refractivity contribution is 5.89. The molecule has 1 heterocycles. The van der Waals surface area contributed by atoms with E-state index in [-0.39, 0.29) is 18.6 Å². The molecule has 1 aliphatic heterocycles. The van der Waals surface area contributed by atoms with Crippen molar-refractivity contribution in [3.63, 3.8) is 0 Å². The number of alkyl halides is 3. The van der Waals surface area contributed by atoms with Crippen molar-refractivity contribution >= 4 is 18.0 Å². The highest BCUT2D eigenvalue weighted by Gasteiger charge is 2.44. The lowest BCUT2D eigenvalue weighted by atomic mass is 9.81. The molecule has 11 heteroatoms. The number of halogens is 3. The number of carbonyl (C=O) groups excluding carboxylic acids is 3. The van der Waals surface area contributed by atoms with Gasteiger partial charge in [0.1, 0.15) is 5.60 Å². The molecule has 1 aliphatic carbocycles. The number of rotatable bonds is 9. The minimum Gasteiger partial charge on any atom is -0.386 e. The van der Waals surface area contributed by atoms with Gasteiger partial charge in [0.05, 0.1) is 12.0 Å². The molecular formula is C32H40F3N3O5. The fourth-order valence-electron chi connectivity index (χ4n) is 6.22. The Hall–Kier alpha value is -3.44. The summed E-state index contributed by atoms with van der Waals surface area (Å²) >= 11 is 0. The third kappa shape index (κ3) is 8.57. The number of amides is 2. The molecule has 234 valence electrons. The van der Waals surface area contributed by atoms with Crippen molar-refractivity contribution in [2.24, 2.45) is 11.8 Å². The highest BCUT2D eigenvalue weighted by Crippen LogP contribution is 2.33. The van der Waals surface area contributed by atoms with E-state index in [1.165, 1.54) is 0 Å². The van der Waals surface area contributed by atoms with Crippen molar-refractivity contribution in [1.82, 2.24) is 15.5 Å². The number of ether oxygens (including phenoxy) is 1. The lowest BCUT2D eigenvalue weighted by Gasteiger charge is -2.37. The van der Waals surface area contributed by atoms with Crippen LogP contribution >= 0.6 is 0 Å². The van der Waals surface area contributed by atoms with Gasteiger partial charge < -0.3 is 25.4 Å². The molecule has 3 N–H and O–H groups in total. The number of aliphatic hydroxyl groups is 1. The predicted octanol–water partition coefficient (Wildman–Crippen LogP) is 4.90. The number of esters is 2. The number of benzene rings is 2. The average Bonchev–Trinajstić information content (AvgIpc) is 3.00. The highest BCUT2D eigenvalue weighted by atomic mass is 19.4. The van der Waals surface area contributed by atoms with Gasteiger partial charge in [0.15, 0.2) is 0 Å². The molecule has 8 nitrogen and oxygen atoms in total. The first-order valence-electron chi connectivity index (χ1n) is 14.9. The molecule has 0 radical (unpaired) electrons. The SMILES string of the molecule is C[C@@H](NC(=O)NC1CCC(CCN2CCCC(C(=O)OC(=O)C(F)(F)F)C2)CC1)C(O)(c1ccccc1)c1ccccc1. The Labute approximate surface area is 250 Å². The maximum absolute atomic E-state index is 13.0. The monoisotopic (exact) mass is 603 g/mol. The van der Waals surface area contributed by atoms with Crippen molar-refractivity contribution in [1.29, 1.82) is 0 Å². The molecule has 2 amide bonds. The lowest BCUT2D eigenvalue weighted by Crippen LogP contribution is -2.54. The van der Waals surface area contributed by atoms with Crippen molar-refractivity contribution in [2.45, 2.75) is 75.7 Å². The summed E-state index contributed by atoms with van der Waals surface area (Å²) < 4.78 is 41.3. The first kappa shape index (κ1) is 32.5. The van der Waals surface area contributed by atoms with Gasteiger partial charge in [-0.2, -0.15) is 13.2 Å². The second-order valence-corrected chi connectivity index (χ2v) is 11.7. The normalized spacial score (nSPS) is 22.3. The maximum atomic E-state index is 13.0. The molecule has 2 aliphatic rings. The van der Waals surface area contributed by atoms with Crippen LogP contribution in [0.1, 0.15) is 63.0 Å². The van der Waals surface area contributed by atoms with Crippen molar-refractivity contribution in [2.75, 3.05) is 19.6 Å². The predicted molar refractivity (Wildman–Crippen MR) is 154 cm³/mol. The van der Waals surface area contributed by atoms with Gasteiger partial charge >= 0.3 is 24.1 Å². The fraction of sp³-hybridized carbons (Fsp3) is 0.531. The van der Waals surface area contributed by atoms with E-state index in [9.17, 15) is 32.7 Å². The maximum Gasteiger partial charge on any atom is 0.491 e. The molecule has 43 heavy (non-hydrogen) atoms. The Morgan fingerprint density at radius 1 is 0.953 bits per heavy atom. The summed E-state index contributed by atoms with van der Waals surface area (Å²) in [5, 5.41) is 17.9. The molecule has 1 saturated heterocycles. The van der Waals surface area contributed by atoms with Gasteiger partial charge in [0.25, 0.3) is 0 Å². The first-order chi connectivity index (χ1) is 20.5. The van der Waals surface area contributed by atoms with Crippen LogP contribution in [0.5, 0.6) is 0 Å². The van der Waals surface area contributed by atoms with Crippen LogP contribution in [0.2, 0.25) is 0 Å². The van der Waals surface area contributed by atoms with E-state index in [2.05, 4.69) is 15.4 Å². The van der Waals surface area contributed by atoms with Gasteiger partial charge in [-0.05, 0) is 82.0 Å². The first-order valence-corrected chi connectivity index (χ1v) is 14.9. The lowest BCUT2D eigenvalue weighted by molar-refractivity contribution is -0.203. The number of hydrogen-bond acceptors (Lipinski definition) is 6. The van der Waals surface area contributed by atoms with Crippen LogP contribution in [0, 0.1) is 11.8 Å². The van der Waals surface area contributed by atoms with Crippen LogP contribution in [-0.4, -0.2) is 65.9 Å². The molecular weight excluding hydrogens is 563 g/mol. The summed E-state index contributed by atoms with van der Waals surface area (Å²) in [6.45, 7) is 3.51. The van der Waals surface area contributed by atoms with E-state index >= 15 is 0 Å². The van der Waals surface area contributed by atoms with Crippen LogP contribution in [0.3, 0.4) is 0 Å². The van der Waals surface area contributed by atoms with Crippen molar-refractivity contribution in [3.05, 3.63) is 71.8 Å².